The molecule has 35 heavy (non-hydrogen) atoms. The fourth-order valence-electron chi connectivity index (χ4n) is 4.81. The van der Waals surface area contributed by atoms with E-state index in [0.717, 1.165) is 38.9 Å². The summed E-state index contributed by atoms with van der Waals surface area (Å²) in [5.41, 5.74) is 5.48. The van der Waals surface area contributed by atoms with E-state index in [1.54, 1.807) is 12.5 Å². The van der Waals surface area contributed by atoms with Gasteiger partial charge in [0, 0.05) is 58.4 Å². The third-order valence-corrected chi connectivity index (χ3v) is 7.46. The Morgan fingerprint density at radius 3 is 2.49 bits per heavy atom. The van der Waals surface area contributed by atoms with Crippen LogP contribution >= 0.6 is 11.3 Å². The molecule has 1 fully saturated rings. The number of aliphatic hydroxyl groups is 3. The van der Waals surface area contributed by atoms with E-state index in [-0.39, 0.29) is 12.5 Å². The third-order valence-electron chi connectivity index (χ3n) is 6.57. The summed E-state index contributed by atoms with van der Waals surface area (Å²) in [6, 6.07) is 13.6. The Morgan fingerprint density at radius 2 is 1.80 bits per heavy atom. The quantitative estimate of drug-likeness (QED) is 0.419. The van der Waals surface area contributed by atoms with Crippen LogP contribution < -0.4 is 10.2 Å². The van der Waals surface area contributed by atoms with Gasteiger partial charge in [-0.1, -0.05) is 30.3 Å². The van der Waals surface area contributed by atoms with Crippen molar-refractivity contribution < 1.29 is 15.3 Å². The van der Waals surface area contributed by atoms with Gasteiger partial charge in [0.15, 0.2) is 0 Å². The normalized spacial score (nSPS) is 26.3. The minimum atomic E-state index is -0.994. The molecule has 0 radical (unpaired) electrons. The molecule has 1 aliphatic carbocycles. The van der Waals surface area contributed by atoms with Crippen LogP contribution in [-0.4, -0.2) is 62.6 Å². The van der Waals surface area contributed by atoms with Crippen molar-refractivity contribution in [2.75, 3.05) is 11.5 Å². The van der Waals surface area contributed by atoms with Gasteiger partial charge in [-0.25, -0.2) is 9.98 Å². The molecular formula is C26H29N5O3S. The van der Waals surface area contributed by atoms with E-state index >= 15 is 0 Å². The number of aliphatic hydroxyl groups excluding tert-OH is 3. The highest BCUT2D eigenvalue weighted by Crippen LogP contribution is 2.34. The molecular weight excluding hydrogens is 462 g/mol. The maximum absolute atomic E-state index is 10.7. The average Bonchev–Trinajstić information content (AvgIpc) is 3.45. The molecule has 4 N–H and O–H groups in total. The largest absolute Gasteiger partial charge is 0.396 e. The fraction of sp³-hybridized carbons (Fsp3) is 0.346. The number of aromatic nitrogens is 2. The number of thiazole rings is 1. The Morgan fingerprint density at radius 1 is 1.06 bits per heavy atom. The number of nitrogens with zero attached hydrogens (tertiary/aromatic N) is 4. The first-order valence-electron chi connectivity index (χ1n) is 11.7. The highest BCUT2D eigenvalue weighted by molar-refractivity contribution is 7.11. The zero-order valence-electron chi connectivity index (χ0n) is 19.6. The third kappa shape index (κ3) is 4.78. The van der Waals surface area contributed by atoms with Crippen molar-refractivity contribution in [2.45, 2.75) is 44.7 Å². The molecule has 0 saturated heterocycles. The Hall–Kier alpha value is -2.95. The van der Waals surface area contributed by atoms with Gasteiger partial charge in [-0.05, 0) is 32.4 Å². The first-order chi connectivity index (χ1) is 16.9. The van der Waals surface area contributed by atoms with Gasteiger partial charge in [-0.3, -0.25) is 10.3 Å². The maximum Gasteiger partial charge on any atom is 0.125 e. The van der Waals surface area contributed by atoms with Crippen molar-refractivity contribution in [3.05, 3.63) is 70.4 Å². The SMILES string of the molecule is Cc1cc(N2C=NC=C(c3nc(-c4ccccc4)cs3)C2N[C@@H]2C[C@H](CO)[C@@H](O)[C@H]2O)cc(C)n1. The number of anilines is 1. The van der Waals surface area contributed by atoms with Crippen LogP contribution in [0.4, 0.5) is 5.69 Å². The van der Waals surface area contributed by atoms with Crippen LogP contribution in [0.5, 0.6) is 0 Å². The second-order valence-electron chi connectivity index (χ2n) is 9.10. The number of benzene rings is 1. The van der Waals surface area contributed by atoms with E-state index in [4.69, 9.17) is 4.98 Å². The zero-order chi connectivity index (χ0) is 24.5. The summed E-state index contributed by atoms with van der Waals surface area (Å²) >= 11 is 1.54. The number of hydrogen-bond acceptors (Lipinski definition) is 9. The second kappa shape index (κ2) is 9.96. The van der Waals surface area contributed by atoms with Crippen LogP contribution in [0.1, 0.15) is 22.8 Å². The van der Waals surface area contributed by atoms with Crippen LogP contribution in [0.25, 0.3) is 16.8 Å². The van der Waals surface area contributed by atoms with Crippen LogP contribution in [0, 0.1) is 19.8 Å². The Labute approximate surface area is 208 Å². The van der Waals surface area contributed by atoms with Crippen molar-refractivity contribution in [3.63, 3.8) is 0 Å². The van der Waals surface area contributed by atoms with Gasteiger partial charge in [-0.15, -0.1) is 11.3 Å². The molecule has 0 bridgehead atoms. The van der Waals surface area contributed by atoms with E-state index in [1.165, 1.54) is 11.3 Å². The number of aliphatic imine (C=N–C) groups is 1. The molecule has 1 aliphatic heterocycles. The molecule has 2 aliphatic rings. The van der Waals surface area contributed by atoms with E-state index in [2.05, 4.69) is 15.3 Å². The zero-order valence-corrected chi connectivity index (χ0v) is 20.4. The van der Waals surface area contributed by atoms with Crippen molar-refractivity contribution in [1.82, 2.24) is 15.3 Å². The molecule has 1 unspecified atom stereocenters. The Bertz CT molecular complexity index is 1220. The molecule has 1 saturated carbocycles. The lowest BCUT2D eigenvalue weighted by Gasteiger charge is -2.36. The van der Waals surface area contributed by atoms with Gasteiger partial charge in [0.2, 0.25) is 0 Å². The molecule has 3 heterocycles. The molecule has 1 aromatic carbocycles. The first kappa shape index (κ1) is 23.8. The maximum atomic E-state index is 10.7. The Kier molecular flexibility index (Phi) is 6.77. The summed E-state index contributed by atoms with van der Waals surface area (Å²) in [7, 11) is 0. The summed E-state index contributed by atoms with van der Waals surface area (Å²) in [6.07, 6.45) is 1.63. The fourth-order valence-corrected chi connectivity index (χ4v) is 5.68. The van der Waals surface area contributed by atoms with Crippen molar-refractivity contribution in [2.24, 2.45) is 10.9 Å². The number of rotatable bonds is 6. The summed E-state index contributed by atoms with van der Waals surface area (Å²) in [5, 5.41) is 37.2. The van der Waals surface area contributed by atoms with Gasteiger partial charge < -0.3 is 20.2 Å². The number of hydrogen-bond donors (Lipinski definition) is 4. The van der Waals surface area contributed by atoms with Crippen molar-refractivity contribution in [1.29, 1.82) is 0 Å². The minimum absolute atomic E-state index is 0.176. The van der Waals surface area contributed by atoms with E-state index in [9.17, 15) is 15.3 Å². The van der Waals surface area contributed by atoms with E-state index < -0.39 is 24.4 Å². The summed E-state index contributed by atoms with van der Waals surface area (Å²) in [6.45, 7) is 3.73. The molecule has 9 heteroatoms. The van der Waals surface area contributed by atoms with Gasteiger partial charge in [-0.2, -0.15) is 0 Å². The number of pyridine rings is 1. The molecule has 5 rings (SSSR count). The monoisotopic (exact) mass is 491 g/mol. The topological polar surface area (TPSA) is 114 Å². The van der Waals surface area contributed by atoms with Gasteiger partial charge in [0.1, 0.15) is 11.2 Å². The molecule has 182 valence electrons. The van der Waals surface area contributed by atoms with Crippen LogP contribution in [-0.2, 0) is 0 Å². The van der Waals surface area contributed by atoms with Crippen molar-refractivity contribution >= 4 is 28.9 Å². The number of aryl methyl sites for hydroxylation is 2. The molecule has 2 aromatic heterocycles. The second-order valence-corrected chi connectivity index (χ2v) is 9.96. The van der Waals surface area contributed by atoms with E-state index in [1.807, 2.05) is 66.6 Å². The molecule has 0 amide bonds. The number of nitrogens with one attached hydrogen (secondary N) is 1. The van der Waals surface area contributed by atoms with Gasteiger partial charge in [0.25, 0.3) is 0 Å². The lowest BCUT2D eigenvalue weighted by molar-refractivity contribution is -0.000592. The van der Waals surface area contributed by atoms with Crippen LogP contribution in [0.3, 0.4) is 0 Å². The summed E-state index contributed by atoms with van der Waals surface area (Å²) in [5.74, 6) is -0.379. The predicted molar refractivity (Wildman–Crippen MR) is 138 cm³/mol. The summed E-state index contributed by atoms with van der Waals surface area (Å²) in [4.78, 5) is 15.9. The predicted octanol–water partition coefficient (Wildman–Crippen LogP) is 2.73. The highest BCUT2D eigenvalue weighted by atomic mass is 32.1. The average molecular weight is 492 g/mol. The van der Waals surface area contributed by atoms with Gasteiger partial charge >= 0.3 is 0 Å². The molecule has 8 nitrogen and oxygen atoms in total. The minimum Gasteiger partial charge on any atom is -0.396 e. The Balaban J connectivity index is 1.52. The standard InChI is InChI=1S/C26H29N5O3S/c1-15-8-19(9-16(2)28-15)31-14-27-11-20(25(31)29-21-10-18(12-32)23(33)24(21)34)26-30-22(13-35-26)17-6-4-3-5-7-17/h3-9,11,13-14,18,21,23-25,29,32-34H,10,12H2,1-2H3/t18-,21-,23-,24+,25?/m1/s1. The molecule has 5 atom stereocenters. The van der Waals surface area contributed by atoms with Gasteiger partial charge in [0.05, 0.1) is 24.2 Å². The molecule has 0 spiro atoms. The van der Waals surface area contributed by atoms with E-state index in [0.29, 0.717) is 6.42 Å². The highest BCUT2D eigenvalue weighted by Gasteiger charge is 2.43. The van der Waals surface area contributed by atoms with Crippen LogP contribution in [0.15, 0.2) is 59.0 Å². The summed E-state index contributed by atoms with van der Waals surface area (Å²) < 4.78 is 0. The lowest BCUT2D eigenvalue weighted by atomic mass is 10.1. The smallest absolute Gasteiger partial charge is 0.125 e. The van der Waals surface area contributed by atoms with Crippen LogP contribution in [0.2, 0.25) is 0 Å². The lowest BCUT2D eigenvalue weighted by Crippen LogP contribution is -2.54. The molecule has 3 aromatic rings. The first-order valence-corrected chi connectivity index (χ1v) is 12.5. The van der Waals surface area contributed by atoms with Crippen molar-refractivity contribution in [3.8, 4) is 11.3 Å².